The van der Waals surface area contributed by atoms with Crippen molar-refractivity contribution < 1.29 is 18.0 Å². The molecule has 7 nitrogen and oxygen atoms in total. The number of sulfonamides is 1. The van der Waals surface area contributed by atoms with Gasteiger partial charge in [-0.3, -0.25) is 14.3 Å². The highest BCUT2D eigenvalue weighted by Gasteiger charge is 2.29. The third kappa shape index (κ3) is 6.35. The lowest BCUT2D eigenvalue weighted by Crippen LogP contribution is -2.46. The molecule has 33 heavy (non-hydrogen) atoms. The lowest BCUT2D eigenvalue weighted by Gasteiger charge is -2.32. The molecule has 8 heteroatoms. The van der Waals surface area contributed by atoms with E-state index in [0.29, 0.717) is 42.4 Å². The van der Waals surface area contributed by atoms with Crippen LogP contribution in [0.1, 0.15) is 48.2 Å². The maximum absolute atomic E-state index is 13.1. The summed E-state index contributed by atoms with van der Waals surface area (Å²) in [5.74, 6) is -0.0850. The molecule has 2 aromatic rings. The number of benzene rings is 2. The first-order valence-electron chi connectivity index (χ1n) is 11.3. The van der Waals surface area contributed by atoms with E-state index in [-0.39, 0.29) is 22.6 Å². The highest BCUT2D eigenvalue weighted by molar-refractivity contribution is 7.92. The summed E-state index contributed by atoms with van der Waals surface area (Å²) in [6, 6.07) is 11.6. The van der Waals surface area contributed by atoms with Crippen LogP contribution in [-0.4, -0.2) is 44.8 Å². The minimum Gasteiger partial charge on any atom is -0.356 e. The molecule has 0 bridgehead atoms. The van der Waals surface area contributed by atoms with Crippen LogP contribution < -0.4 is 10.0 Å². The maximum Gasteiger partial charge on any atom is 0.262 e. The van der Waals surface area contributed by atoms with Gasteiger partial charge < -0.3 is 10.2 Å². The Hall–Kier alpha value is -2.87. The molecular formula is C25H33N3O4S. The Morgan fingerprint density at radius 2 is 1.88 bits per heavy atom. The molecule has 2 N–H and O–H groups in total. The van der Waals surface area contributed by atoms with Gasteiger partial charge in [0.25, 0.3) is 15.9 Å². The molecular weight excluding hydrogens is 438 g/mol. The molecule has 1 aliphatic rings. The summed E-state index contributed by atoms with van der Waals surface area (Å²) < 4.78 is 28.4. The van der Waals surface area contributed by atoms with Gasteiger partial charge in [-0.05, 0) is 62.4 Å². The highest BCUT2D eigenvalue weighted by Crippen LogP contribution is 2.23. The van der Waals surface area contributed by atoms with E-state index in [0.717, 1.165) is 18.4 Å². The second-order valence-electron chi connectivity index (χ2n) is 9.18. The molecule has 0 spiro atoms. The Morgan fingerprint density at radius 1 is 1.12 bits per heavy atom. The summed E-state index contributed by atoms with van der Waals surface area (Å²) in [7, 11) is -3.79. The van der Waals surface area contributed by atoms with E-state index in [4.69, 9.17) is 0 Å². The molecule has 0 radical (unpaired) electrons. The van der Waals surface area contributed by atoms with Crippen LogP contribution in [0.25, 0.3) is 0 Å². The van der Waals surface area contributed by atoms with Crippen molar-refractivity contribution in [2.24, 2.45) is 11.8 Å². The number of rotatable bonds is 7. The molecule has 178 valence electrons. The predicted octanol–water partition coefficient (Wildman–Crippen LogP) is 3.73. The quantitative estimate of drug-likeness (QED) is 0.643. The van der Waals surface area contributed by atoms with Crippen LogP contribution in [0, 0.1) is 25.7 Å². The van der Waals surface area contributed by atoms with Gasteiger partial charge in [0.2, 0.25) is 5.91 Å². The predicted molar refractivity (Wildman–Crippen MR) is 130 cm³/mol. The third-order valence-corrected chi connectivity index (χ3v) is 7.29. The van der Waals surface area contributed by atoms with E-state index < -0.39 is 10.0 Å². The molecule has 0 unspecified atom stereocenters. The highest BCUT2D eigenvalue weighted by atomic mass is 32.2. The second-order valence-corrected chi connectivity index (χ2v) is 10.8. The Balaban J connectivity index is 1.72. The maximum atomic E-state index is 13.1. The van der Waals surface area contributed by atoms with Crippen molar-refractivity contribution in [1.82, 2.24) is 10.2 Å². The molecule has 0 saturated carbocycles. The zero-order chi connectivity index (χ0) is 24.2. The summed E-state index contributed by atoms with van der Waals surface area (Å²) in [4.78, 5) is 27.5. The standard InChI is InChI=1S/C25H33N3O4S/c1-17(2)15-26-24(29)21-8-6-12-28(16-21)25(30)20-7-5-9-22(14-20)27-33(31,32)23-11-10-18(3)13-19(23)4/h5,7,9-11,13-14,17,21,27H,6,8,12,15-16H2,1-4H3,(H,26,29)/t21-/m0/s1. The summed E-state index contributed by atoms with van der Waals surface area (Å²) in [5.41, 5.74) is 2.35. The average molecular weight is 472 g/mol. The van der Waals surface area contributed by atoms with Crippen LogP contribution >= 0.6 is 0 Å². The van der Waals surface area contributed by atoms with Gasteiger partial charge >= 0.3 is 0 Å². The van der Waals surface area contributed by atoms with Crippen molar-refractivity contribution in [3.05, 3.63) is 59.2 Å². The zero-order valence-electron chi connectivity index (χ0n) is 19.7. The number of hydrogen-bond donors (Lipinski definition) is 2. The van der Waals surface area contributed by atoms with Crippen molar-refractivity contribution >= 4 is 27.5 Å². The fraction of sp³-hybridized carbons (Fsp3) is 0.440. The minimum atomic E-state index is -3.79. The number of piperidine rings is 1. The number of anilines is 1. The van der Waals surface area contributed by atoms with Crippen molar-refractivity contribution in [2.45, 2.75) is 45.4 Å². The number of carbonyl (C=O) groups excluding carboxylic acids is 2. The molecule has 0 aromatic heterocycles. The number of aryl methyl sites for hydroxylation is 2. The van der Waals surface area contributed by atoms with E-state index in [2.05, 4.69) is 10.0 Å². The Morgan fingerprint density at radius 3 is 2.58 bits per heavy atom. The van der Waals surface area contributed by atoms with Gasteiger partial charge in [-0.15, -0.1) is 0 Å². The molecule has 1 heterocycles. The van der Waals surface area contributed by atoms with Crippen LogP contribution in [0.4, 0.5) is 5.69 Å². The SMILES string of the molecule is Cc1ccc(S(=O)(=O)Nc2cccc(C(=O)N3CCC[C@H](C(=O)NCC(C)C)C3)c2)c(C)c1. The third-order valence-electron chi connectivity index (χ3n) is 5.75. The monoisotopic (exact) mass is 471 g/mol. The van der Waals surface area contributed by atoms with Gasteiger partial charge in [0, 0.05) is 30.9 Å². The fourth-order valence-electron chi connectivity index (χ4n) is 4.03. The number of carbonyl (C=O) groups is 2. The summed E-state index contributed by atoms with van der Waals surface area (Å²) in [6.07, 6.45) is 1.51. The number of likely N-dealkylation sites (tertiary alicyclic amines) is 1. The van der Waals surface area contributed by atoms with Crippen molar-refractivity contribution in [2.75, 3.05) is 24.4 Å². The Labute approximate surface area is 196 Å². The van der Waals surface area contributed by atoms with Gasteiger partial charge in [0.1, 0.15) is 0 Å². The fourth-order valence-corrected chi connectivity index (χ4v) is 5.31. The molecule has 1 atom stereocenters. The average Bonchev–Trinajstić information content (AvgIpc) is 2.76. The van der Waals surface area contributed by atoms with Crippen molar-refractivity contribution in [3.8, 4) is 0 Å². The largest absolute Gasteiger partial charge is 0.356 e. The molecule has 2 aromatic carbocycles. The number of hydrogen-bond acceptors (Lipinski definition) is 4. The lowest BCUT2D eigenvalue weighted by molar-refractivity contribution is -0.126. The topological polar surface area (TPSA) is 95.6 Å². The molecule has 2 amide bonds. The number of nitrogens with one attached hydrogen (secondary N) is 2. The summed E-state index contributed by atoms with van der Waals surface area (Å²) in [5, 5.41) is 2.96. The lowest BCUT2D eigenvalue weighted by atomic mass is 9.96. The van der Waals surface area contributed by atoms with E-state index in [9.17, 15) is 18.0 Å². The molecule has 0 aliphatic carbocycles. The van der Waals surface area contributed by atoms with E-state index in [1.165, 1.54) is 0 Å². The number of nitrogens with zero attached hydrogens (tertiary/aromatic N) is 1. The summed E-state index contributed by atoms with van der Waals surface area (Å²) >= 11 is 0. The minimum absolute atomic E-state index is 0.0174. The van der Waals surface area contributed by atoms with Crippen LogP contribution in [0.5, 0.6) is 0 Å². The number of amides is 2. The van der Waals surface area contributed by atoms with E-state index in [1.807, 2.05) is 26.8 Å². The van der Waals surface area contributed by atoms with Crippen molar-refractivity contribution in [3.63, 3.8) is 0 Å². The van der Waals surface area contributed by atoms with Gasteiger partial charge in [0.05, 0.1) is 10.8 Å². The Bertz CT molecular complexity index is 1130. The molecule has 1 aliphatic heterocycles. The van der Waals surface area contributed by atoms with Crippen LogP contribution in [0.3, 0.4) is 0 Å². The summed E-state index contributed by atoms with van der Waals surface area (Å²) in [6.45, 7) is 9.30. The van der Waals surface area contributed by atoms with Crippen LogP contribution in [0.2, 0.25) is 0 Å². The first kappa shape index (κ1) is 24.8. The van der Waals surface area contributed by atoms with E-state index in [1.54, 1.807) is 48.2 Å². The normalized spacial score (nSPS) is 16.5. The molecule has 1 saturated heterocycles. The first-order chi connectivity index (χ1) is 15.6. The Kier molecular flexibility index (Phi) is 7.79. The van der Waals surface area contributed by atoms with Crippen LogP contribution in [-0.2, 0) is 14.8 Å². The molecule has 3 rings (SSSR count). The van der Waals surface area contributed by atoms with Gasteiger partial charge in [-0.25, -0.2) is 8.42 Å². The van der Waals surface area contributed by atoms with Gasteiger partial charge in [-0.1, -0.05) is 37.6 Å². The zero-order valence-corrected chi connectivity index (χ0v) is 20.5. The van der Waals surface area contributed by atoms with Crippen LogP contribution in [0.15, 0.2) is 47.4 Å². The van der Waals surface area contributed by atoms with E-state index >= 15 is 0 Å². The van der Waals surface area contributed by atoms with Gasteiger partial charge in [-0.2, -0.15) is 0 Å². The van der Waals surface area contributed by atoms with Crippen molar-refractivity contribution in [1.29, 1.82) is 0 Å². The first-order valence-corrected chi connectivity index (χ1v) is 12.8. The smallest absolute Gasteiger partial charge is 0.262 e. The van der Waals surface area contributed by atoms with Gasteiger partial charge in [0.15, 0.2) is 0 Å². The second kappa shape index (κ2) is 10.4. The molecule has 1 fully saturated rings.